The van der Waals surface area contributed by atoms with Crippen molar-refractivity contribution in [2.24, 2.45) is 0 Å². The molecule has 1 amide bonds. The summed E-state index contributed by atoms with van der Waals surface area (Å²) in [5, 5.41) is 2.72. The fourth-order valence-corrected chi connectivity index (χ4v) is 2.22. The SMILES string of the molecule is CCc1nc2ccc(C(F)(F)F)cn2c1C(=O)NCCN(C)C. The van der Waals surface area contributed by atoms with Crippen LogP contribution in [0.3, 0.4) is 0 Å². The molecule has 0 aliphatic carbocycles. The van der Waals surface area contributed by atoms with E-state index in [4.69, 9.17) is 0 Å². The molecule has 0 aliphatic heterocycles. The highest BCUT2D eigenvalue weighted by Gasteiger charge is 2.31. The van der Waals surface area contributed by atoms with E-state index in [2.05, 4.69) is 10.3 Å². The number of carbonyl (C=O) groups is 1. The van der Waals surface area contributed by atoms with Crippen LogP contribution < -0.4 is 5.32 Å². The first kappa shape index (κ1) is 17.3. The molecule has 2 aromatic heterocycles. The molecule has 2 aromatic rings. The molecule has 0 aliphatic rings. The second-order valence-electron chi connectivity index (χ2n) is 5.46. The minimum Gasteiger partial charge on any atom is -0.349 e. The number of aromatic nitrogens is 2. The first-order valence-electron chi connectivity index (χ1n) is 7.25. The summed E-state index contributed by atoms with van der Waals surface area (Å²) in [5.41, 5.74) is 0.152. The number of pyridine rings is 1. The molecule has 0 unspecified atom stereocenters. The Morgan fingerprint density at radius 1 is 1.35 bits per heavy atom. The summed E-state index contributed by atoms with van der Waals surface area (Å²) < 4.78 is 39.9. The Balaban J connectivity index is 2.41. The minimum absolute atomic E-state index is 0.160. The van der Waals surface area contributed by atoms with Crippen LogP contribution >= 0.6 is 0 Å². The van der Waals surface area contributed by atoms with Crippen molar-refractivity contribution in [3.05, 3.63) is 35.3 Å². The van der Waals surface area contributed by atoms with E-state index in [0.29, 0.717) is 30.9 Å². The van der Waals surface area contributed by atoms with Gasteiger partial charge in [-0.3, -0.25) is 9.20 Å². The van der Waals surface area contributed by atoms with E-state index in [-0.39, 0.29) is 5.69 Å². The van der Waals surface area contributed by atoms with Gasteiger partial charge in [0.2, 0.25) is 0 Å². The predicted molar refractivity (Wildman–Crippen MR) is 80.5 cm³/mol. The van der Waals surface area contributed by atoms with Crippen molar-refractivity contribution in [3.8, 4) is 0 Å². The van der Waals surface area contributed by atoms with Crippen LogP contribution in [0.1, 0.15) is 28.7 Å². The largest absolute Gasteiger partial charge is 0.417 e. The molecule has 0 fully saturated rings. The van der Waals surface area contributed by atoms with E-state index in [1.54, 1.807) is 0 Å². The number of amides is 1. The Morgan fingerprint density at radius 2 is 2.04 bits per heavy atom. The summed E-state index contributed by atoms with van der Waals surface area (Å²) in [6, 6.07) is 2.24. The predicted octanol–water partition coefficient (Wildman–Crippen LogP) is 2.21. The average molecular weight is 328 g/mol. The highest BCUT2D eigenvalue weighted by atomic mass is 19.4. The van der Waals surface area contributed by atoms with E-state index in [9.17, 15) is 18.0 Å². The Hall–Kier alpha value is -2.09. The van der Waals surface area contributed by atoms with Crippen molar-refractivity contribution >= 4 is 11.6 Å². The van der Waals surface area contributed by atoms with Crippen molar-refractivity contribution in [3.63, 3.8) is 0 Å². The van der Waals surface area contributed by atoms with Gasteiger partial charge in [0, 0.05) is 19.3 Å². The summed E-state index contributed by atoms with van der Waals surface area (Å²) >= 11 is 0. The molecule has 0 radical (unpaired) electrons. The third kappa shape index (κ3) is 3.82. The highest BCUT2D eigenvalue weighted by Crippen LogP contribution is 2.29. The maximum absolute atomic E-state index is 12.9. The lowest BCUT2D eigenvalue weighted by atomic mass is 10.2. The van der Waals surface area contributed by atoms with Crippen molar-refractivity contribution in [1.82, 2.24) is 19.6 Å². The normalized spacial score (nSPS) is 12.1. The van der Waals surface area contributed by atoms with Gasteiger partial charge in [-0.1, -0.05) is 6.92 Å². The number of rotatable bonds is 5. The maximum Gasteiger partial charge on any atom is 0.417 e. The molecule has 2 heterocycles. The fourth-order valence-electron chi connectivity index (χ4n) is 2.22. The van der Waals surface area contributed by atoms with E-state index in [1.807, 2.05) is 25.9 Å². The second-order valence-corrected chi connectivity index (χ2v) is 5.46. The van der Waals surface area contributed by atoms with Crippen LogP contribution in [0, 0.1) is 0 Å². The first-order valence-corrected chi connectivity index (χ1v) is 7.25. The van der Waals surface area contributed by atoms with Crippen LogP contribution in [0.4, 0.5) is 13.2 Å². The van der Waals surface area contributed by atoms with E-state index >= 15 is 0 Å². The minimum atomic E-state index is -4.47. The Morgan fingerprint density at radius 3 is 2.61 bits per heavy atom. The molecular weight excluding hydrogens is 309 g/mol. The lowest BCUT2D eigenvalue weighted by Gasteiger charge is -2.11. The second kappa shape index (κ2) is 6.57. The van der Waals surface area contributed by atoms with Gasteiger partial charge >= 0.3 is 6.18 Å². The molecule has 0 saturated heterocycles. The molecule has 2 rings (SSSR count). The van der Waals surface area contributed by atoms with Gasteiger partial charge in [-0.15, -0.1) is 0 Å². The summed E-state index contributed by atoms with van der Waals surface area (Å²) in [7, 11) is 3.74. The van der Waals surface area contributed by atoms with E-state index < -0.39 is 17.6 Å². The zero-order valence-electron chi connectivity index (χ0n) is 13.2. The number of halogens is 3. The van der Waals surface area contributed by atoms with Gasteiger partial charge in [0.05, 0.1) is 11.3 Å². The molecule has 0 spiro atoms. The van der Waals surface area contributed by atoms with Gasteiger partial charge in [-0.05, 0) is 32.6 Å². The number of imidazole rings is 1. The van der Waals surface area contributed by atoms with E-state index in [1.165, 1.54) is 10.5 Å². The Kier molecular flexibility index (Phi) is 4.93. The number of alkyl halides is 3. The Labute approximate surface area is 132 Å². The molecule has 5 nitrogen and oxygen atoms in total. The van der Waals surface area contributed by atoms with Crippen molar-refractivity contribution in [2.45, 2.75) is 19.5 Å². The van der Waals surface area contributed by atoms with Crippen molar-refractivity contribution in [2.75, 3.05) is 27.2 Å². The van der Waals surface area contributed by atoms with Crippen LogP contribution in [0.15, 0.2) is 18.3 Å². The third-order valence-corrected chi connectivity index (χ3v) is 3.41. The third-order valence-electron chi connectivity index (χ3n) is 3.41. The van der Waals surface area contributed by atoms with Gasteiger partial charge in [0.1, 0.15) is 11.3 Å². The maximum atomic E-state index is 12.9. The number of fused-ring (bicyclic) bond motifs is 1. The number of nitrogens with zero attached hydrogens (tertiary/aromatic N) is 3. The zero-order valence-corrected chi connectivity index (χ0v) is 13.2. The molecule has 8 heteroatoms. The van der Waals surface area contributed by atoms with Crippen LogP contribution in [-0.2, 0) is 12.6 Å². The molecule has 126 valence electrons. The van der Waals surface area contributed by atoms with Crippen LogP contribution in [0.5, 0.6) is 0 Å². The standard InChI is InChI=1S/C15H19F3N4O/c1-4-11-13(14(23)19-7-8-21(2)3)22-9-10(15(16,17)18)5-6-12(22)20-11/h5-6,9H,4,7-8H2,1-3H3,(H,19,23). The number of hydrogen-bond donors (Lipinski definition) is 1. The number of likely N-dealkylation sites (N-methyl/N-ethyl adjacent to an activating group) is 1. The molecule has 0 bridgehead atoms. The van der Waals surface area contributed by atoms with Gasteiger partial charge in [0.25, 0.3) is 5.91 Å². The van der Waals surface area contributed by atoms with Crippen molar-refractivity contribution in [1.29, 1.82) is 0 Å². The van der Waals surface area contributed by atoms with Crippen molar-refractivity contribution < 1.29 is 18.0 Å². The summed E-state index contributed by atoms with van der Waals surface area (Å²) in [5.74, 6) is -0.421. The van der Waals surface area contributed by atoms with Gasteiger partial charge in [-0.25, -0.2) is 4.98 Å². The number of hydrogen-bond acceptors (Lipinski definition) is 3. The van der Waals surface area contributed by atoms with Gasteiger partial charge < -0.3 is 10.2 Å². The molecule has 23 heavy (non-hydrogen) atoms. The van der Waals surface area contributed by atoms with Gasteiger partial charge in [-0.2, -0.15) is 13.2 Å². The van der Waals surface area contributed by atoms with Crippen LogP contribution in [0.2, 0.25) is 0 Å². The van der Waals surface area contributed by atoms with Gasteiger partial charge in [0.15, 0.2) is 0 Å². The number of carbonyl (C=O) groups excluding carboxylic acids is 1. The number of nitrogens with one attached hydrogen (secondary N) is 1. The summed E-state index contributed by atoms with van der Waals surface area (Å²) in [4.78, 5) is 18.5. The molecular formula is C15H19F3N4O. The molecule has 1 N–H and O–H groups in total. The first-order chi connectivity index (χ1) is 10.7. The van der Waals surface area contributed by atoms with Crippen LogP contribution in [0.25, 0.3) is 5.65 Å². The molecule has 0 aromatic carbocycles. The topological polar surface area (TPSA) is 49.6 Å². The molecule has 0 atom stereocenters. The van der Waals surface area contributed by atoms with E-state index in [0.717, 1.165) is 12.3 Å². The van der Waals surface area contributed by atoms with Crippen LogP contribution in [-0.4, -0.2) is 47.4 Å². The quantitative estimate of drug-likeness (QED) is 0.915. The lowest BCUT2D eigenvalue weighted by molar-refractivity contribution is -0.137. The smallest absolute Gasteiger partial charge is 0.349 e. The highest BCUT2D eigenvalue weighted by molar-refractivity contribution is 5.94. The fraction of sp³-hybridized carbons (Fsp3) is 0.467. The number of aryl methyl sites for hydroxylation is 1. The zero-order chi connectivity index (χ0) is 17.2. The lowest BCUT2D eigenvalue weighted by Crippen LogP contribution is -2.32. The average Bonchev–Trinajstić information content (AvgIpc) is 2.83. The molecule has 0 saturated carbocycles. The monoisotopic (exact) mass is 328 g/mol. The summed E-state index contributed by atoms with van der Waals surface area (Å²) in [6.07, 6.45) is -3.09. The Bertz CT molecular complexity index is 707. The summed E-state index contributed by atoms with van der Waals surface area (Å²) in [6.45, 7) is 2.85.